The van der Waals surface area contributed by atoms with Crippen LogP contribution in [0.25, 0.3) is 22.2 Å². The summed E-state index contributed by atoms with van der Waals surface area (Å²) in [6.07, 6.45) is 6.80. The number of aromatic amines is 2. The lowest BCUT2D eigenvalue weighted by atomic mass is 9.89. The molecule has 4 rings (SSSR count). The molecule has 1 aliphatic carbocycles. The van der Waals surface area contributed by atoms with Gasteiger partial charge in [-0.05, 0) is 61.2 Å². The van der Waals surface area contributed by atoms with Gasteiger partial charge in [0, 0.05) is 17.4 Å². The Kier molecular flexibility index (Phi) is 5.30. The molecule has 2 aromatic heterocycles. The zero-order valence-electron chi connectivity index (χ0n) is 15.9. The molecule has 6 nitrogen and oxygen atoms in total. The van der Waals surface area contributed by atoms with E-state index in [-0.39, 0.29) is 11.3 Å². The second-order valence-corrected chi connectivity index (χ2v) is 7.72. The van der Waals surface area contributed by atoms with E-state index in [0.29, 0.717) is 5.56 Å². The van der Waals surface area contributed by atoms with Crippen LogP contribution < -0.4 is 16.6 Å². The van der Waals surface area contributed by atoms with E-state index in [2.05, 4.69) is 27.4 Å². The highest BCUT2D eigenvalue weighted by molar-refractivity contribution is 5.91. The summed E-state index contributed by atoms with van der Waals surface area (Å²) in [7, 11) is 0. The van der Waals surface area contributed by atoms with Gasteiger partial charge in [0.1, 0.15) is 5.69 Å². The number of hydrogen-bond donors (Lipinski definition) is 4. The van der Waals surface area contributed by atoms with Crippen molar-refractivity contribution in [1.29, 1.82) is 0 Å². The van der Waals surface area contributed by atoms with Gasteiger partial charge in [-0.2, -0.15) is 0 Å². The standard InChI is InChI=1S/C22H26N4O2/c23-21(27)19-9-7-17(22(28)26-19)20-11-16-10-15(6-8-18(16)25-20)13-24-12-14-4-2-1-3-5-14/h6-11,14,24-25H,1-5,12-13H2,(H2,23,27)(H,26,28). The lowest BCUT2D eigenvalue weighted by molar-refractivity contribution is 0.0995. The first-order chi connectivity index (χ1) is 13.6. The quantitative estimate of drug-likeness (QED) is 0.529. The summed E-state index contributed by atoms with van der Waals surface area (Å²) in [6, 6.07) is 11.4. The third-order valence-electron chi connectivity index (χ3n) is 5.64. The Hall–Kier alpha value is -2.86. The Morgan fingerprint density at radius 1 is 1.07 bits per heavy atom. The van der Waals surface area contributed by atoms with E-state index in [4.69, 9.17) is 5.73 Å². The van der Waals surface area contributed by atoms with Gasteiger partial charge >= 0.3 is 0 Å². The fourth-order valence-corrected chi connectivity index (χ4v) is 4.08. The molecule has 0 aliphatic heterocycles. The van der Waals surface area contributed by atoms with Gasteiger partial charge in [0.25, 0.3) is 11.5 Å². The highest BCUT2D eigenvalue weighted by Crippen LogP contribution is 2.24. The van der Waals surface area contributed by atoms with E-state index < -0.39 is 5.91 Å². The molecule has 146 valence electrons. The summed E-state index contributed by atoms with van der Waals surface area (Å²) in [5.41, 5.74) is 8.40. The summed E-state index contributed by atoms with van der Waals surface area (Å²) in [5, 5.41) is 4.65. The number of carbonyl (C=O) groups excluding carboxylic acids is 1. The van der Waals surface area contributed by atoms with Crippen LogP contribution in [0.1, 0.15) is 48.2 Å². The van der Waals surface area contributed by atoms with Crippen LogP contribution in [0.5, 0.6) is 0 Å². The number of carbonyl (C=O) groups is 1. The predicted molar refractivity (Wildman–Crippen MR) is 111 cm³/mol. The first-order valence-corrected chi connectivity index (χ1v) is 9.96. The molecule has 2 heterocycles. The number of primary amides is 1. The molecule has 0 bridgehead atoms. The summed E-state index contributed by atoms with van der Waals surface area (Å²) < 4.78 is 0. The zero-order valence-corrected chi connectivity index (χ0v) is 15.9. The van der Waals surface area contributed by atoms with E-state index >= 15 is 0 Å². The van der Waals surface area contributed by atoms with Gasteiger partial charge in [-0.3, -0.25) is 9.59 Å². The first kappa shape index (κ1) is 18.5. The molecule has 1 aliphatic rings. The Bertz CT molecular complexity index is 1040. The number of H-pyrrole nitrogens is 2. The topological polar surface area (TPSA) is 104 Å². The van der Waals surface area contributed by atoms with Crippen LogP contribution in [0.3, 0.4) is 0 Å². The molecular formula is C22H26N4O2. The second-order valence-electron chi connectivity index (χ2n) is 7.72. The van der Waals surface area contributed by atoms with Crippen molar-refractivity contribution in [3.8, 4) is 11.3 Å². The van der Waals surface area contributed by atoms with Gasteiger partial charge in [-0.1, -0.05) is 25.3 Å². The average molecular weight is 378 g/mol. The molecule has 1 saturated carbocycles. The summed E-state index contributed by atoms with van der Waals surface area (Å²) in [6.45, 7) is 1.93. The first-order valence-electron chi connectivity index (χ1n) is 9.96. The minimum atomic E-state index is -0.648. The van der Waals surface area contributed by atoms with Crippen LogP contribution in [0.15, 0.2) is 41.2 Å². The largest absolute Gasteiger partial charge is 0.364 e. The molecule has 0 atom stereocenters. The van der Waals surface area contributed by atoms with Crippen molar-refractivity contribution in [2.75, 3.05) is 6.54 Å². The van der Waals surface area contributed by atoms with Gasteiger partial charge < -0.3 is 21.0 Å². The van der Waals surface area contributed by atoms with E-state index in [1.165, 1.54) is 43.7 Å². The average Bonchev–Trinajstić information content (AvgIpc) is 3.11. The maximum absolute atomic E-state index is 12.3. The lowest BCUT2D eigenvalue weighted by Gasteiger charge is -2.21. The van der Waals surface area contributed by atoms with E-state index in [0.717, 1.165) is 35.6 Å². The predicted octanol–water partition coefficient (Wildman–Crippen LogP) is 3.29. The fourth-order valence-electron chi connectivity index (χ4n) is 4.08. The number of nitrogens with two attached hydrogens (primary N) is 1. The number of hydrogen-bond acceptors (Lipinski definition) is 3. The summed E-state index contributed by atoms with van der Waals surface area (Å²) >= 11 is 0. The van der Waals surface area contributed by atoms with Crippen molar-refractivity contribution in [2.24, 2.45) is 11.7 Å². The number of fused-ring (bicyclic) bond motifs is 1. The van der Waals surface area contributed by atoms with Crippen LogP contribution in [-0.4, -0.2) is 22.4 Å². The number of amides is 1. The van der Waals surface area contributed by atoms with Crippen LogP contribution in [-0.2, 0) is 6.54 Å². The van der Waals surface area contributed by atoms with Crippen molar-refractivity contribution in [3.63, 3.8) is 0 Å². The Balaban J connectivity index is 1.48. The maximum atomic E-state index is 12.3. The second kappa shape index (κ2) is 8.02. The molecule has 0 spiro atoms. The Morgan fingerprint density at radius 3 is 2.64 bits per heavy atom. The van der Waals surface area contributed by atoms with Crippen molar-refractivity contribution in [2.45, 2.75) is 38.6 Å². The van der Waals surface area contributed by atoms with Gasteiger partial charge in [0.15, 0.2) is 0 Å². The van der Waals surface area contributed by atoms with Crippen molar-refractivity contribution >= 4 is 16.8 Å². The van der Waals surface area contributed by atoms with Crippen molar-refractivity contribution < 1.29 is 4.79 Å². The summed E-state index contributed by atoms with van der Waals surface area (Å²) in [4.78, 5) is 29.3. The van der Waals surface area contributed by atoms with Gasteiger partial charge in [-0.15, -0.1) is 0 Å². The van der Waals surface area contributed by atoms with Gasteiger partial charge in [0.05, 0.1) is 11.3 Å². The molecule has 3 aromatic rings. The Labute approximate surface area is 163 Å². The normalized spacial score (nSPS) is 15.1. The number of benzene rings is 1. The number of rotatable bonds is 6. The maximum Gasteiger partial charge on any atom is 0.265 e. The molecule has 0 unspecified atom stereocenters. The SMILES string of the molecule is NC(=O)c1ccc(-c2cc3cc(CNCC4CCCCC4)ccc3[nH]2)c(=O)[nH]1. The molecule has 28 heavy (non-hydrogen) atoms. The monoisotopic (exact) mass is 378 g/mol. The summed E-state index contributed by atoms with van der Waals surface area (Å²) in [5.74, 6) is 0.164. The molecule has 0 radical (unpaired) electrons. The number of nitrogens with one attached hydrogen (secondary N) is 3. The molecule has 5 N–H and O–H groups in total. The number of aromatic nitrogens is 2. The smallest absolute Gasteiger partial charge is 0.265 e. The molecule has 1 fully saturated rings. The molecule has 1 aromatic carbocycles. The lowest BCUT2D eigenvalue weighted by Crippen LogP contribution is -2.24. The highest BCUT2D eigenvalue weighted by Gasteiger charge is 2.13. The van der Waals surface area contributed by atoms with Crippen molar-refractivity contribution in [3.05, 3.63) is 58.0 Å². The third-order valence-corrected chi connectivity index (χ3v) is 5.64. The Morgan fingerprint density at radius 2 is 1.89 bits per heavy atom. The van der Waals surface area contributed by atoms with E-state index in [1.54, 1.807) is 6.07 Å². The minimum Gasteiger partial charge on any atom is -0.364 e. The van der Waals surface area contributed by atoms with E-state index in [1.807, 2.05) is 12.1 Å². The zero-order chi connectivity index (χ0) is 19.5. The highest BCUT2D eigenvalue weighted by atomic mass is 16.1. The van der Waals surface area contributed by atoms with Crippen molar-refractivity contribution in [1.82, 2.24) is 15.3 Å². The van der Waals surface area contributed by atoms with E-state index in [9.17, 15) is 9.59 Å². The molecule has 0 saturated heterocycles. The van der Waals surface area contributed by atoms with Gasteiger partial charge in [0.2, 0.25) is 0 Å². The fraction of sp³-hybridized carbons (Fsp3) is 0.364. The van der Waals surface area contributed by atoms with Crippen LogP contribution in [0.4, 0.5) is 0 Å². The minimum absolute atomic E-state index is 0.108. The number of pyridine rings is 1. The molecule has 1 amide bonds. The third kappa shape index (κ3) is 4.02. The van der Waals surface area contributed by atoms with Crippen LogP contribution >= 0.6 is 0 Å². The molecular weight excluding hydrogens is 352 g/mol. The van der Waals surface area contributed by atoms with Crippen LogP contribution in [0.2, 0.25) is 0 Å². The molecule has 6 heteroatoms. The van der Waals surface area contributed by atoms with Gasteiger partial charge in [-0.25, -0.2) is 0 Å². The van der Waals surface area contributed by atoms with Crippen LogP contribution in [0, 0.1) is 5.92 Å².